The third-order valence-electron chi connectivity index (χ3n) is 1.25. The van der Waals surface area contributed by atoms with Gasteiger partial charge < -0.3 is 15.3 Å². The van der Waals surface area contributed by atoms with E-state index in [4.69, 9.17) is 15.3 Å². The molecule has 0 aliphatic carbocycles. The average Bonchev–Trinajstić information content (AvgIpc) is 1.65. The first-order valence-corrected chi connectivity index (χ1v) is 2.53. The molecule has 2 atom stereocenters. The molecule has 3 N–H and O–H groups in total. The maximum absolute atomic E-state index is 10.1. The van der Waals surface area contributed by atoms with Gasteiger partial charge >= 0.3 is 5.97 Å². The maximum atomic E-state index is 10.1. The van der Waals surface area contributed by atoms with E-state index in [-0.39, 0.29) is 29.6 Å². The molecule has 0 spiro atoms. The van der Waals surface area contributed by atoms with Gasteiger partial charge in [0, 0.05) is 29.6 Å². The van der Waals surface area contributed by atoms with Crippen molar-refractivity contribution in [3.63, 3.8) is 0 Å². The van der Waals surface area contributed by atoms with E-state index in [0.29, 0.717) is 0 Å². The van der Waals surface area contributed by atoms with Crippen molar-refractivity contribution < 1.29 is 20.1 Å². The molecule has 0 saturated heterocycles. The predicted octanol–water partition coefficient (Wildman–Crippen LogP) is -1.18. The molecule has 0 saturated carbocycles. The van der Waals surface area contributed by atoms with Gasteiger partial charge in [-0.3, -0.25) is 0 Å². The molecule has 10 heavy (non-hydrogen) atoms. The van der Waals surface area contributed by atoms with Crippen LogP contribution < -0.4 is 0 Å². The van der Waals surface area contributed by atoms with Crippen LogP contribution in [0.15, 0.2) is 0 Å². The SMILES string of the molecule is CC(O)C(C)(O)C(=O)O.[Na]. The zero-order chi connectivity index (χ0) is 7.65. The number of carboxylic acid groups (broad SMARTS) is 1. The number of rotatable bonds is 2. The number of aliphatic carboxylic acids is 1. The summed E-state index contributed by atoms with van der Waals surface area (Å²) in [6.45, 7) is 2.26. The molecule has 1 radical (unpaired) electrons. The molecule has 0 aromatic carbocycles. The van der Waals surface area contributed by atoms with E-state index in [9.17, 15) is 4.79 Å². The Bertz CT molecular complexity index is 121. The minimum Gasteiger partial charge on any atom is -0.479 e. The third-order valence-corrected chi connectivity index (χ3v) is 1.25. The maximum Gasteiger partial charge on any atom is 0.338 e. The van der Waals surface area contributed by atoms with Crippen LogP contribution in [0.5, 0.6) is 0 Å². The molecular weight excluding hydrogens is 147 g/mol. The molecule has 0 aliphatic rings. The summed E-state index contributed by atoms with van der Waals surface area (Å²) < 4.78 is 0. The van der Waals surface area contributed by atoms with Crippen LogP contribution in [0, 0.1) is 0 Å². The second-order valence-corrected chi connectivity index (χ2v) is 2.13. The van der Waals surface area contributed by atoms with Gasteiger partial charge in [-0.15, -0.1) is 0 Å². The summed E-state index contributed by atoms with van der Waals surface area (Å²) in [5.41, 5.74) is -2.03. The Morgan fingerprint density at radius 1 is 1.60 bits per heavy atom. The normalized spacial score (nSPS) is 18.4. The Labute approximate surface area is 81.2 Å². The summed E-state index contributed by atoms with van der Waals surface area (Å²) in [6, 6.07) is 0. The summed E-state index contributed by atoms with van der Waals surface area (Å²) in [5.74, 6) is -1.42. The van der Waals surface area contributed by atoms with Crippen molar-refractivity contribution in [2.45, 2.75) is 25.6 Å². The van der Waals surface area contributed by atoms with Crippen LogP contribution in [0.4, 0.5) is 0 Å². The average molecular weight is 157 g/mol. The molecule has 4 nitrogen and oxygen atoms in total. The molecule has 55 valence electrons. The Balaban J connectivity index is 0. The molecule has 0 bridgehead atoms. The first-order valence-electron chi connectivity index (χ1n) is 2.53. The summed E-state index contributed by atoms with van der Waals surface area (Å²) in [7, 11) is 0. The van der Waals surface area contributed by atoms with E-state index in [1.165, 1.54) is 6.92 Å². The van der Waals surface area contributed by atoms with E-state index in [2.05, 4.69) is 0 Å². The van der Waals surface area contributed by atoms with Crippen LogP contribution in [0.25, 0.3) is 0 Å². The van der Waals surface area contributed by atoms with E-state index in [1.54, 1.807) is 0 Å². The summed E-state index contributed by atoms with van der Waals surface area (Å²) in [6.07, 6.45) is -1.25. The van der Waals surface area contributed by atoms with Crippen molar-refractivity contribution >= 4 is 35.5 Å². The second kappa shape index (κ2) is 4.31. The standard InChI is InChI=1S/C5H10O4.Na/c1-3(6)5(2,9)4(7)8;/h3,6,9H,1-2H3,(H,7,8);. The van der Waals surface area contributed by atoms with Crippen molar-refractivity contribution in [2.24, 2.45) is 0 Å². The van der Waals surface area contributed by atoms with Crippen molar-refractivity contribution in [1.82, 2.24) is 0 Å². The molecule has 0 fully saturated rings. The first-order chi connectivity index (χ1) is 3.89. The zero-order valence-corrected chi connectivity index (χ0v) is 8.33. The fraction of sp³-hybridized carbons (Fsp3) is 0.800. The summed E-state index contributed by atoms with van der Waals surface area (Å²) >= 11 is 0. The van der Waals surface area contributed by atoms with Crippen LogP contribution >= 0.6 is 0 Å². The fourth-order valence-corrected chi connectivity index (χ4v) is 0.179. The van der Waals surface area contributed by atoms with Gasteiger partial charge in [-0.05, 0) is 13.8 Å². The second-order valence-electron chi connectivity index (χ2n) is 2.13. The smallest absolute Gasteiger partial charge is 0.338 e. The Morgan fingerprint density at radius 3 is 1.90 bits per heavy atom. The van der Waals surface area contributed by atoms with Gasteiger partial charge in [-0.2, -0.15) is 0 Å². The Hall–Kier alpha value is 0.390. The number of hydrogen-bond acceptors (Lipinski definition) is 3. The minimum absolute atomic E-state index is 0. The van der Waals surface area contributed by atoms with Crippen molar-refractivity contribution in [3.8, 4) is 0 Å². The number of aliphatic hydroxyl groups is 2. The van der Waals surface area contributed by atoms with E-state index in [0.717, 1.165) is 6.92 Å². The number of aliphatic hydroxyl groups excluding tert-OH is 1. The molecule has 0 aromatic heterocycles. The van der Waals surface area contributed by atoms with Gasteiger partial charge in [0.1, 0.15) is 0 Å². The van der Waals surface area contributed by atoms with Crippen LogP contribution in [0.1, 0.15) is 13.8 Å². The van der Waals surface area contributed by atoms with Gasteiger partial charge in [0.15, 0.2) is 5.60 Å². The van der Waals surface area contributed by atoms with E-state index in [1.807, 2.05) is 0 Å². The zero-order valence-electron chi connectivity index (χ0n) is 6.33. The van der Waals surface area contributed by atoms with Crippen LogP contribution in [-0.2, 0) is 4.79 Å². The molecule has 2 unspecified atom stereocenters. The number of hydrogen-bond donors (Lipinski definition) is 3. The first kappa shape index (κ1) is 13.0. The van der Waals surface area contributed by atoms with Crippen LogP contribution in [0.3, 0.4) is 0 Å². The predicted molar refractivity (Wildman–Crippen MR) is 35.7 cm³/mol. The molecule has 0 aromatic rings. The van der Waals surface area contributed by atoms with Gasteiger partial charge in [-0.25, -0.2) is 4.79 Å². The largest absolute Gasteiger partial charge is 0.479 e. The summed E-state index contributed by atoms with van der Waals surface area (Å²) in [4.78, 5) is 10.1. The van der Waals surface area contributed by atoms with E-state index < -0.39 is 17.7 Å². The van der Waals surface area contributed by atoms with Gasteiger partial charge in [0.05, 0.1) is 6.10 Å². The minimum atomic E-state index is -2.03. The molecule has 0 aliphatic heterocycles. The number of carbonyl (C=O) groups is 1. The van der Waals surface area contributed by atoms with Crippen molar-refractivity contribution in [2.75, 3.05) is 0 Å². The summed E-state index contributed by atoms with van der Waals surface area (Å²) in [5, 5.41) is 25.6. The topological polar surface area (TPSA) is 77.8 Å². The molecule has 5 heteroatoms. The number of carboxylic acids is 1. The fourth-order valence-electron chi connectivity index (χ4n) is 0.179. The third kappa shape index (κ3) is 2.98. The molecule has 0 amide bonds. The van der Waals surface area contributed by atoms with Crippen LogP contribution in [0.2, 0.25) is 0 Å². The van der Waals surface area contributed by atoms with Crippen molar-refractivity contribution in [1.29, 1.82) is 0 Å². The molecule has 0 rings (SSSR count). The van der Waals surface area contributed by atoms with Crippen molar-refractivity contribution in [3.05, 3.63) is 0 Å². The Kier molecular flexibility index (Phi) is 5.60. The van der Waals surface area contributed by atoms with Crippen LogP contribution in [-0.4, -0.2) is 62.6 Å². The molecule has 0 heterocycles. The van der Waals surface area contributed by atoms with Gasteiger partial charge in [0.25, 0.3) is 0 Å². The molecular formula is C5H10NaO4. The quantitative estimate of drug-likeness (QED) is 0.441. The Morgan fingerprint density at radius 2 is 1.90 bits per heavy atom. The van der Waals surface area contributed by atoms with Gasteiger partial charge in [0.2, 0.25) is 0 Å². The monoisotopic (exact) mass is 157 g/mol. The van der Waals surface area contributed by atoms with E-state index >= 15 is 0 Å². The van der Waals surface area contributed by atoms with Gasteiger partial charge in [-0.1, -0.05) is 0 Å².